The number of hydrogen-bond donors (Lipinski definition) is 0. The van der Waals surface area contributed by atoms with Crippen LogP contribution in [-0.2, 0) is 9.53 Å². The molecule has 1 heterocycles. The minimum absolute atomic E-state index is 0.00511. The van der Waals surface area contributed by atoms with E-state index >= 15 is 0 Å². The summed E-state index contributed by atoms with van der Waals surface area (Å²) in [6.45, 7) is 5.49. The summed E-state index contributed by atoms with van der Waals surface area (Å²) in [6.07, 6.45) is 1.95. The fourth-order valence-corrected chi connectivity index (χ4v) is 2.69. The highest BCUT2D eigenvalue weighted by Gasteiger charge is 2.26. The van der Waals surface area contributed by atoms with Crippen LogP contribution in [0, 0.1) is 5.92 Å². The van der Waals surface area contributed by atoms with E-state index in [9.17, 15) is 4.79 Å². The summed E-state index contributed by atoms with van der Waals surface area (Å²) in [4.78, 5) is 14.1. The molecule has 5 heteroatoms. The Hall–Kier alpha value is -1.75. The molecule has 0 spiro atoms. The van der Waals surface area contributed by atoms with Gasteiger partial charge in [0, 0.05) is 19.2 Å². The van der Waals surface area contributed by atoms with Crippen LogP contribution in [0.15, 0.2) is 24.3 Å². The molecule has 122 valence electrons. The molecule has 1 aliphatic heterocycles. The van der Waals surface area contributed by atoms with Gasteiger partial charge in [0.15, 0.2) is 0 Å². The van der Waals surface area contributed by atoms with E-state index in [4.69, 9.17) is 14.2 Å². The van der Waals surface area contributed by atoms with Crippen molar-refractivity contribution in [3.8, 4) is 11.5 Å². The second kappa shape index (κ2) is 8.63. The zero-order valence-corrected chi connectivity index (χ0v) is 13.4. The summed E-state index contributed by atoms with van der Waals surface area (Å²) in [5.41, 5.74) is 0. The molecule has 1 fully saturated rings. The lowest BCUT2D eigenvalue weighted by atomic mass is 9.98. The van der Waals surface area contributed by atoms with E-state index in [1.165, 1.54) is 0 Å². The molecule has 0 N–H and O–H groups in total. The Morgan fingerprint density at radius 3 is 2.95 bits per heavy atom. The Bertz CT molecular complexity index is 477. The Morgan fingerprint density at radius 1 is 1.36 bits per heavy atom. The third-order valence-corrected chi connectivity index (χ3v) is 3.84. The average Bonchev–Trinajstić information content (AvgIpc) is 2.55. The first kappa shape index (κ1) is 16.6. The molecule has 1 aromatic carbocycles. The molecule has 0 saturated carbocycles. The van der Waals surface area contributed by atoms with Crippen LogP contribution in [0.1, 0.15) is 19.8 Å². The number of methoxy groups -OCH3 is 1. The number of carbonyl (C=O) groups is 1. The van der Waals surface area contributed by atoms with Crippen LogP contribution in [0.3, 0.4) is 0 Å². The van der Waals surface area contributed by atoms with Gasteiger partial charge in [-0.3, -0.25) is 9.69 Å². The summed E-state index contributed by atoms with van der Waals surface area (Å²) in [6, 6.07) is 7.59. The van der Waals surface area contributed by atoms with Crippen LogP contribution < -0.4 is 9.47 Å². The van der Waals surface area contributed by atoms with Gasteiger partial charge in [-0.2, -0.15) is 0 Å². The SMILES string of the molecule is CCOC(=O)[C@@H]1CCCN(CCOc2cccc(OC)c2)C1. The molecule has 2 rings (SSSR count). The summed E-state index contributed by atoms with van der Waals surface area (Å²) >= 11 is 0. The van der Waals surface area contributed by atoms with E-state index in [0.29, 0.717) is 13.2 Å². The molecule has 1 saturated heterocycles. The number of ether oxygens (including phenoxy) is 3. The van der Waals surface area contributed by atoms with Crippen LogP contribution in [0.25, 0.3) is 0 Å². The Kier molecular flexibility index (Phi) is 6.52. The minimum atomic E-state index is -0.0686. The van der Waals surface area contributed by atoms with E-state index in [1.807, 2.05) is 31.2 Å². The molecular weight excluding hydrogens is 282 g/mol. The quantitative estimate of drug-likeness (QED) is 0.724. The Labute approximate surface area is 132 Å². The van der Waals surface area contributed by atoms with Gasteiger partial charge in [-0.1, -0.05) is 6.07 Å². The Morgan fingerprint density at radius 2 is 2.18 bits per heavy atom. The van der Waals surface area contributed by atoms with Crippen molar-refractivity contribution < 1.29 is 19.0 Å². The van der Waals surface area contributed by atoms with Gasteiger partial charge < -0.3 is 14.2 Å². The molecule has 5 nitrogen and oxygen atoms in total. The highest BCUT2D eigenvalue weighted by Crippen LogP contribution is 2.20. The first-order chi connectivity index (χ1) is 10.7. The molecule has 0 bridgehead atoms. The van der Waals surface area contributed by atoms with E-state index in [-0.39, 0.29) is 11.9 Å². The van der Waals surface area contributed by atoms with Crippen molar-refractivity contribution in [2.75, 3.05) is 40.0 Å². The monoisotopic (exact) mass is 307 g/mol. The van der Waals surface area contributed by atoms with Gasteiger partial charge in [0.2, 0.25) is 0 Å². The van der Waals surface area contributed by atoms with Crippen molar-refractivity contribution in [1.29, 1.82) is 0 Å². The highest BCUT2D eigenvalue weighted by molar-refractivity contribution is 5.72. The van der Waals surface area contributed by atoms with Gasteiger partial charge in [-0.25, -0.2) is 0 Å². The largest absolute Gasteiger partial charge is 0.497 e. The minimum Gasteiger partial charge on any atom is -0.497 e. The summed E-state index contributed by atoms with van der Waals surface area (Å²) < 4.78 is 16.0. The normalized spacial score (nSPS) is 18.7. The Balaban J connectivity index is 1.75. The van der Waals surface area contributed by atoms with Crippen LogP contribution in [0.2, 0.25) is 0 Å². The van der Waals surface area contributed by atoms with Gasteiger partial charge in [0.25, 0.3) is 0 Å². The maximum absolute atomic E-state index is 11.8. The van der Waals surface area contributed by atoms with Gasteiger partial charge >= 0.3 is 5.97 Å². The zero-order chi connectivity index (χ0) is 15.8. The third-order valence-electron chi connectivity index (χ3n) is 3.84. The highest BCUT2D eigenvalue weighted by atomic mass is 16.5. The van der Waals surface area contributed by atoms with Gasteiger partial charge in [-0.15, -0.1) is 0 Å². The first-order valence-corrected chi connectivity index (χ1v) is 7.88. The van der Waals surface area contributed by atoms with Gasteiger partial charge in [0.1, 0.15) is 18.1 Å². The van der Waals surface area contributed by atoms with Crippen molar-refractivity contribution in [2.24, 2.45) is 5.92 Å². The molecule has 22 heavy (non-hydrogen) atoms. The molecule has 1 aliphatic rings. The van der Waals surface area contributed by atoms with E-state index in [2.05, 4.69) is 4.90 Å². The fraction of sp³-hybridized carbons (Fsp3) is 0.588. The van der Waals surface area contributed by atoms with E-state index in [0.717, 1.165) is 44.0 Å². The van der Waals surface area contributed by atoms with Crippen LogP contribution >= 0.6 is 0 Å². The number of esters is 1. The van der Waals surface area contributed by atoms with E-state index < -0.39 is 0 Å². The first-order valence-electron chi connectivity index (χ1n) is 7.88. The molecular formula is C17H25NO4. The number of piperidine rings is 1. The zero-order valence-electron chi connectivity index (χ0n) is 13.4. The topological polar surface area (TPSA) is 48.0 Å². The van der Waals surface area contributed by atoms with Crippen LogP contribution in [-0.4, -0.2) is 50.8 Å². The van der Waals surface area contributed by atoms with Crippen molar-refractivity contribution in [2.45, 2.75) is 19.8 Å². The standard InChI is InChI=1S/C17H25NO4/c1-3-21-17(19)14-6-5-9-18(13-14)10-11-22-16-8-4-7-15(12-16)20-2/h4,7-8,12,14H,3,5-6,9-11,13H2,1-2H3/t14-/m1/s1. The lowest BCUT2D eigenvalue weighted by molar-refractivity contribution is -0.150. The van der Waals surface area contributed by atoms with Crippen molar-refractivity contribution in [1.82, 2.24) is 4.90 Å². The molecule has 0 radical (unpaired) electrons. The maximum Gasteiger partial charge on any atom is 0.310 e. The van der Waals surface area contributed by atoms with Gasteiger partial charge in [0.05, 0.1) is 19.6 Å². The predicted octanol–water partition coefficient (Wildman–Crippen LogP) is 2.35. The number of rotatable bonds is 7. The summed E-state index contributed by atoms with van der Waals surface area (Å²) in [5.74, 6) is 1.53. The van der Waals surface area contributed by atoms with Crippen molar-refractivity contribution in [3.05, 3.63) is 24.3 Å². The molecule has 1 aromatic rings. The molecule has 1 atom stereocenters. The molecule has 0 amide bonds. The number of benzene rings is 1. The van der Waals surface area contributed by atoms with Crippen molar-refractivity contribution in [3.63, 3.8) is 0 Å². The second-order valence-electron chi connectivity index (χ2n) is 5.42. The molecule has 0 aromatic heterocycles. The van der Waals surface area contributed by atoms with Crippen LogP contribution in [0.5, 0.6) is 11.5 Å². The third kappa shape index (κ3) is 4.91. The predicted molar refractivity (Wildman–Crippen MR) is 84.3 cm³/mol. The van der Waals surface area contributed by atoms with Crippen LogP contribution in [0.4, 0.5) is 0 Å². The van der Waals surface area contributed by atoms with Crippen molar-refractivity contribution >= 4 is 5.97 Å². The summed E-state index contributed by atoms with van der Waals surface area (Å²) in [7, 11) is 1.64. The lowest BCUT2D eigenvalue weighted by Crippen LogP contribution is -2.41. The smallest absolute Gasteiger partial charge is 0.310 e. The fourth-order valence-electron chi connectivity index (χ4n) is 2.69. The molecule has 0 aliphatic carbocycles. The van der Waals surface area contributed by atoms with E-state index in [1.54, 1.807) is 7.11 Å². The second-order valence-corrected chi connectivity index (χ2v) is 5.42. The molecule has 0 unspecified atom stereocenters. The number of nitrogens with zero attached hydrogens (tertiary/aromatic N) is 1. The summed E-state index contributed by atoms with van der Waals surface area (Å²) in [5, 5.41) is 0. The maximum atomic E-state index is 11.8. The number of carbonyl (C=O) groups excluding carboxylic acids is 1. The lowest BCUT2D eigenvalue weighted by Gasteiger charge is -2.31. The average molecular weight is 307 g/mol. The van der Waals surface area contributed by atoms with Gasteiger partial charge in [-0.05, 0) is 38.4 Å². The number of hydrogen-bond acceptors (Lipinski definition) is 5. The number of likely N-dealkylation sites (tertiary alicyclic amines) is 1.